The first-order valence-corrected chi connectivity index (χ1v) is 8.15. The van der Waals surface area contributed by atoms with Gasteiger partial charge in [-0.3, -0.25) is 0 Å². The molecule has 0 aliphatic carbocycles. The minimum Gasteiger partial charge on any atom is -0.317 e. The van der Waals surface area contributed by atoms with Crippen LogP contribution in [-0.2, 0) is 16.2 Å². The van der Waals surface area contributed by atoms with Gasteiger partial charge >= 0.3 is 6.18 Å². The molecule has 0 aromatic heterocycles. The van der Waals surface area contributed by atoms with Crippen LogP contribution in [0.5, 0.6) is 0 Å². The molecule has 9 heteroatoms. The number of benzene rings is 1. The van der Waals surface area contributed by atoms with Gasteiger partial charge in [-0.1, -0.05) is 11.6 Å². The lowest BCUT2D eigenvalue weighted by Gasteiger charge is -2.23. The Morgan fingerprint density at radius 1 is 1.19 bits per heavy atom. The van der Waals surface area contributed by atoms with Crippen molar-refractivity contribution >= 4 is 21.6 Å². The first kappa shape index (κ1) is 16.5. The maximum absolute atomic E-state index is 12.7. The number of halogens is 4. The summed E-state index contributed by atoms with van der Waals surface area (Å²) in [6.45, 7) is 1.33. The van der Waals surface area contributed by atoms with Crippen LogP contribution < -0.4 is 10.0 Å². The zero-order chi connectivity index (χ0) is 15.7. The van der Waals surface area contributed by atoms with Gasteiger partial charge in [0.05, 0.1) is 10.5 Å². The SMILES string of the molecule is O=S(=O)(NC1CCNCC1)c1cc(Cl)cc(C(F)(F)F)c1. The van der Waals surface area contributed by atoms with Crippen molar-refractivity contribution < 1.29 is 21.6 Å². The van der Waals surface area contributed by atoms with Crippen LogP contribution in [0.15, 0.2) is 23.1 Å². The summed E-state index contributed by atoms with van der Waals surface area (Å²) in [5.41, 5.74) is -1.08. The number of rotatable bonds is 3. The van der Waals surface area contributed by atoms with Gasteiger partial charge in [-0.05, 0) is 44.1 Å². The molecule has 1 saturated heterocycles. The Hall–Kier alpha value is -0.830. The highest BCUT2D eigenvalue weighted by molar-refractivity contribution is 7.89. The molecular formula is C12H14ClF3N2O2S. The van der Waals surface area contributed by atoms with E-state index in [0.717, 1.165) is 6.07 Å². The Bertz CT molecular complexity index is 613. The van der Waals surface area contributed by atoms with Crippen LogP contribution in [0.4, 0.5) is 13.2 Å². The Morgan fingerprint density at radius 3 is 2.38 bits per heavy atom. The Balaban J connectivity index is 2.29. The molecule has 0 amide bonds. The summed E-state index contributed by atoms with van der Waals surface area (Å²) in [5, 5.41) is 2.81. The van der Waals surface area contributed by atoms with Crippen LogP contribution in [0.2, 0.25) is 5.02 Å². The molecular weight excluding hydrogens is 329 g/mol. The molecule has 0 unspecified atom stereocenters. The van der Waals surface area contributed by atoms with Gasteiger partial charge in [0.2, 0.25) is 10.0 Å². The molecule has 1 aromatic carbocycles. The van der Waals surface area contributed by atoms with Crippen molar-refractivity contribution in [2.45, 2.75) is 30.0 Å². The second-order valence-corrected chi connectivity index (χ2v) is 6.97. The second kappa shape index (κ2) is 6.12. The average Bonchev–Trinajstić information content (AvgIpc) is 2.37. The molecule has 0 saturated carbocycles. The highest BCUT2D eigenvalue weighted by Crippen LogP contribution is 2.33. The smallest absolute Gasteiger partial charge is 0.317 e. The highest BCUT2D eigenvalue weighted by Gasteiger charge is 2.33. The van der Waals surface area contributed by atoms with Crippen LogP contribution in [-0.4, -0.2) is 27.5 Å². The van der Waals surface area contributed by atoms with Crippen molar-refractivity contribution in [2.75, 3.05) is 13.1 Å². The van der Waals surface area contributed by atoms with E-state index in [-0.39, 0.29) is 11.1 Å². The normalized spacial score (nSPS) is 17.9. The fraction of sp³-hybridized carbons (Fsp3) is 0.500. The van der Waals surface area contributed by atoms with Gasteiger partial charge in [0.1, 0.15) is 0 Å². The fourth-order valence-corrected chi connectivity index (χ4v) is 3.78. The summed E-state index contributed by atoms with van der Waals surface area (Å²) >= 11 is 5.60. The van der Waals surface area contributed by atoms with Crippen LogP contribution in [0.3, 0.4) is 0 Å². The molecule has 2 N–H and O–H groups in total. The minimum atomic E-state index is -4.65. The molecule has 1 aliphatic rings. The van der Waals surface area contributed by atoms with Gasteiger partial charge in [0.25, 0.3) is 0 Å². The molecule has 0 bridgehead atoms. The number of hydrogen-bond acceptors (Lipinski definition) is 3. The van der Waals surface area contributed by atoms with E-state index in [2.05, 4.69) is 10.0 Å². The number of sulfonamides is 1. The van der Waals surface area contributed by atoms with Gasteiger partial charge in [-0.15, -0.1) is 0 Å². The van der Waals surface area contributed by atoms with Gasteiger partial charge < -0.3 is 5.32 Å². The molecule has 0 radical (unpaired) electrons. The topological polar surface area (TPSA) is 58.2 Å². The largest absolute Gasteiger partial charge is 0.416 e. The Morgan fingerprint density at radius 2 is 1.81 bits per heavy atom. The van der Waals surface area contributed by atoms with E-state index in [1.165, 1.54) is 0 Å². The zero-order valence-corrected chi connectivity index (χ0v) is 12.4. The standard InChI is InChI=1S/C12H14ClF3N2O2S/c13-9-5-8(12(14,15)16)6-11(7-9)21(19,20)18-10-1-3-17-4-2-10/h5-7,10,17-18H,1-4H2. The molecule has 1 aromatic rings. The summed E-state index contributed by atoms with van der Waals surface area (Å²) in [6, 6.07) is 2.02. The van der Waals surface area contributed by atoms with Crippen molar-refractivity contribution in [1.29, 1.82) is 0 Å². The highest BCUT2D eigenvalue weighted by atomic mass is 35.5. The number of alkyl halides is 3. The van der Waals surface area contributed by atoms with Crippen molar-refractivity contribution in [3.8, 4) is 0 Å². The third-order valence-corrected chi connectivity index (χ3v) is 4.89. The van der Waals surface area contributed by atoms with Crippen molar-refractivity contribution in [3.63, 3.8) is 0 Å². The maximum atomic E-state index is 12.7. The van der Waals surface area contributed by atoms with Crippen molar-refractivity contribution in [2.24, 2.45) is 0 Å². The Labute approximate surface area is 125 Å². The summed E-state index contributed by atoms with van der Waals surface area (Å²) in [6.07, 6.45) is -3.47. The maximum Gasteiger partial charge on any atom is 0.416 e. The monoisotopic (exact) mass is 342 g/mol. The lowest BCUT2D eigenvalue weighted by Crippen LogP contribution is -2.42. The third-order valence-electron chi connectivity index (χ3n) is 3.17. The van der Waals surface area contributed by atoms with E-state index >= 15 is 0 Å². The Kier molecular flexibility index (Phi) is 4.82. The van der Waals surface area contributed by atoms with Gasteiger partial charge in [0, 0.05) is 11.1 Å². The number of hydrogen-bond donors (Lipinski definition) is 2. The lowest BCUT2D eigenvalue weighted by atomic mass is 10.1. The predicted molar refractivity (Wildman–Crippen MR) is 72.7 cm³/mol. The molecule has 0 spiro atoms. The summed E-state index contributed by atoms with van der Waals surface area (Å²) in [5.74, 6) is 0. The molecule has 21 heavy (non-hydrogen) atoms. The van der Waals surface area contributed by atoms with Gasteiger partial charge in [0.15, 0.2) is 0 Å². The molecule has 2 rings (SSSR count). The lowest BCUT2D eigenvalue weighted by molar-refractivity contribution is -0.137. The van der Waals surface area contributed by atoms with Crippen LogP contribution in [0.25, 0.3) is 0 Å². The first-order valence-electron chi connectivity index (χ1n) is 6.29. The zero-order valence-electron chi connectivity index (χ0n) is 10.9. The minimum absolute atomic E-state index is 0.268. The molecule has 1 aliphatic heterocycles. The van der Waals surface area contributed by atoms with E-state index in [1.807, 2.05) is 0 Å². The number of piperidine rings is 1. The van der Waals surface area contributed by atoms with Crippen LogP contribution >= 0.6 is 11.6 Å². The summed E-state index contributed by atoms with van der Waals surface area (Å²) in [4.78, 5) is -0.471. The summed E-state index contributed by atoms with van der Waals surface area (Å²) in [7, 11) is -4.03. The van der Waals surface area contributed by atoms with Crippen molar-refractivity contribution in [3.05, 3.63) is 28.8 Å². The summed E-state index contributed by atoms with van der Waals surface area (Å²) < 4.78 is 64.9. The van der Waals surface area contributed by atoms with E-state index in [1.54, 1.807) is 0 Å². The van der Waals surface area contributed by atoms with E-state index in [0.29, 0.717) is 38.1 Å². The van der Waals surface area contributed by atoms with E-state index in [9.17, 15) is 21.6 Å². The van der Waals surface area contributed by atoms with E-state index < -0.39 is 26.7 Å². The molecule has 1 heterocycles. The predicted octanol–water partition coefficient (Wildman–Crippen LogP) is 2.39. The second-order valence-electron chi connectivity index (χ2n) is 4.82. The number of nitrogens with one attached hydrogen (secondary N) is 2. The fourth-order valence-electron chi connectivity index (χ4n) is 2.11. The van der Waals surface area contributed by atoms with Gasteiger partial charge in [-0.2, -0.15) is 13.2 Å². The molecule has 118 valence electrons. The van der Waals surface area contributed by atoms with Gasteiger partial charge in [-0.25, -0.2) is 13.1 Å². The molecule has 1 fully saturated rings. The molecule has 4 nitrogen and oxygen atoms in total. The van der Waals surface area contributed by atoms with Crippen LogP contribution in [0.1, 0.15) is 18.4 Å². The third kappa shape index (κ3) is 4.32. The van der Waals surface area contributed by atoms with Crippen LogP contribution in [0, 0.1) is 0 Å². The first-order chi connectivity index (χ1) is 9.68. The average molecular weight is 343 g/mol. The van der Waals surface area contributed by atoms with Crippen molar-refractivity contribution in [1.82, 2.24) is 10.0 Å². The van der Waals surface area contributed by atoms with E-state index in [4.69, 9.17) is 11.6 Å². The molecule has 0 atom stereocenters. The quantitative estimate of drug-likeness (QED) is 0.886.